The molecule has 0 amide bonds. The van der Waals surface area contributed by atoms with Gasteiger partial charge in [-0.15, -0.1) is 0 Å². The number of fused-ring (bicyclic) bond motifs is 3. The third-order valence-corrected chi connectivity index (χ3v) is 5.27. The Morgan fingerprint density at radius 3 is 2.95 bits per heavy atom. The predicted octanol–water partition coefficient (Wildman–Crippen LogP) is 5.28. The Morgan fingerprint density at radius 2 is 2.09 bits per heavy atom. The lowest BCUT2D eigenvalue weighted by Gasteiger charge is -2.37. The zero-order valence-electron chi connectivity index (χ0n) is 12.4. The molecule has 3 heteroatoms. The van der Waals surface area contributed by atoms with E-state index in [2.05, 4.69) is 69.8 Å². The molecule has 112 valence electrons. The van der Waals surface area contributed by atoms with E-state index in [4.69, 9.17) is 4.74 Å². The van der Waals surface area contributed by atoms with Crippen LogP contribution in [0, 0.1) is 5.92 Å². The fraction of sp³-hybridized carbons (Fsp3) is 0.263. The third kappa shape index (κ3) is 2.24. The summed E-state index contributed by atoms with van der Waals surface area (Å²) in [6.07, 6.45) is 5.80. The van der Waals surface area contributed by atoms with Gasteiger partial charge in [-0.1, -0.05) is 40.2 Å². The number of hydrogen-bond donors (Lipinski definition) is 1. The van der Waals surface area contributed by atoms with E-state index in [0.717, 1.165) is 16.6 Å². The number of rotatable bonds is 2. The van der Waals surface area contributed by atoms with Crippen LogP contribution >= 0.6 is 15.9 Å². The van der Waals surface area contributed by atoms with E-state index in [0.29, 0.717) is 17.9 Å². The van der Waals surface area contributed by atoms with Crippen molar-refractivity contribution in [2.24, 2.45) is 5.92 Å². The van der Waals surface area contributed by atoms with Gasteiger partial charge in [0.2, 0.25) is 0 Å². The summed E-state index contributed by atoms with van der Waals surface area (Å²) < 4.78 is 6.54. The summed E-state index contributed by atoms with van der Waals surface area (Å²) in [5.74, 6) is 1.97. The fourth-order valence-corrected chi connectivity index (χ4v) is 4.11. The molecule has 2 nitrogen and oxygen atoms in total. The van der Waals surface area contributed by atoms with E-state index in [1.54, 1.807) is 7.11 Å². The molecule has 4 rings (SSSR count). The van der Waals surface area contributed by atoms with E-state index >= 15 is 0 Å². The summed E-state index contributed by atoms with van der Waals surface area (Å²) in [5.41, 5.74) is 3.93. The van der Waals surface area contributed by atoms with Gasteiger partial charge in [0, 0.05) is 16.1 Å². The highest BCUT2D eigenvalue weighted by atomic mass is 79.9. The molecule has 1 aliphatic carbocycles. The highest BCUT2D eigenvalue weighted by molar-refractivity contribution is 9.10. The van der Waals surface area contributed by atoms with Crippen LogP contribution in [0.2, 0.25) is 0 Å². The molecule has 0 saturated carbocycles. The van der Waals surface area contributed by atoms with Crippen molar-refractivity contribution in [3.63, 3.8) is 0 Å². The molecule has 22 heavy (non-hydrogen) atoms. The summed E-state index contributed by atoms with van der Waals surface area (Å²) >= 11 is 3.60. The van der Waals surface area contributed by atoms with Gasteiger partial charge in [0.25, 0.3) is 0 Å². The molecule has 2 aromatic carbocycles. The van der Waals surface area contributed by atoms with Gasteiger partial charge in [-0.25, -0.2) is 0 Å². The van der Waals surface area contributed by atoms with Crippen LogP contribution in [0.15, 0.2) is 59.1 Å². The molecule has 3 atom stereocenters. The average Bonchev–Trinajstić information content (AvgIpc) is 3.04. The van der Waals surface area contributed by atoms with E-state index in [1.165, 1.54) is 16.8 Å². The van der Waals surface area contributed by atoms with Crippen molar-refractivity contribution in [1.82, 2.24) is 0 Å². The van der Waals surface area contributed by atoms with Gasteiger partial charge in [-0.05, 0) is 53.8 Å². The molecule has 0 unspecified atom stereocenters. The Hall–Kier alpha value is -1.74. The second-order valence-electron chi connectivity index (χ2n) is 5.98. The molecule has 2 aliphatic rings. The topological polar surface area (TPSA) is 21.3 Å². The zero-order valence-corrected chi connectivity index (χ0v) is 14.0. The van der Waals surface area contributed by atoms with Gasteiger partial charge in [-0.2, -0.15) is 0 Å². The van der Waals surface area contributed by atoms with Crippen molar-refractivity contribution in [2.45, 2.75) is 18.4 Å². The number of ether oxygens (including phenoxy) is 1. The van der Waals surface area contributed by atoms with Crippen molar-refractivity contribution in [1.29, 1.82) is 0 Å². The van der Waals surface area contributed by atoms with Crippen LogP contribution in [0.1, 0.15) is 29.5 Å². The second-order valence-corrected chi connectivity index (χ2v) is 6.90. The fourth-order valence-electron chi connectivity index (χ4n) is 3.73. The average molecular weight is 356 g/mol. The number of halogens is 1. The lowest BCUT2D eigenvalue weighted by molar-refractivity contribution is 0.406. The largest absolute Gasteiger partial charge is 0.497 e. The Labute approximate surface area is 139 Å². The number of anilines is 1. The van der Waals surface area contributed by atoms with Crippen LogP contribution in [0.25, 0.3) is 0 Å². The lowest BCUT2D eigenvalue weighted by Crippen LogP contribution is -2.29. The first-order chi connectivity index (χ1) is 10.8. The van der Waals surface area contributed by atoms with Crippen molar-refractivity contribution in [3.05, 3.63) is 70.2 Å². The number of benzene rings is 2. The van der Waals surface area contributed by atoms with Gasteiger partial charge in [0.1, 0.15) is 5.75 Å². The summed E-state index contributed by atoms with van der Waals surface area (Å²) in [7, 11) is 1.72. The standard InChI is InChI=1S/C19H18BrNO/c1-22-14-5-2-4-12(10-14)19-16-7-3-6-15(16)17-11-13(20)8-9-18(17)21-19/h2-6,8-11,15-16,19,21H,7H2,1H3/t15-,16+,19-/m0/s1. The molecule has 2 aromatic rings. The maximum atomic E-state index is 5.39. The predicted molar refractivity (Wildman–Crippen MR) is 93.5 cm³/mol. The number of hydrogen-bond acceptors (Lipinski definition) is 2. The normalized spacial score (nSPS) is 25.3. The molecular weight excluding hydrogens is 338 g/mol. The molecule has 0 spiro atoms. The quantitative estimate of drug-likeness (QED) is 0.739. The number of methoxy groups -OCH3 is 1. The lowest BCUT2D eigenvalue weighted by atomic mass is 9.77. The smallest absolute Gasteiger partial charge is 0.119 e. The van der Waals surface area contributed by atoms with Gasteiger partial charge >= 0.3 is 0 Å². The first-order valence-corrected chi connectivity index (χ1v) is 8.42. The Bertz CT molecular complexity index is 740. The molecule has 1 aliphatic heterocycles. The third-order valence-electron chi connectivity index (χ3n) is 4.78. The van der Waals surface area contributed by atoms with Gasteiger partial charge in [0.15, 0.2) is 0 Å². The molecular formula is C19H18BrNO. The highest BCUT2D eigenvalue weighted by Gasteiger charge is 2.37. The van der Waals surface area contributed by atoms with Crippen molar-refractivity contribution in [2.75, 3.05) is 12.4 Å². The van der Waals surface area contributed by atoms with Gasteiger partial charge < -0.3 is 10.1 Å². The van der Waals surface area contributed by atoms with Crippen molar-refractivity contribution >= 4 is 21.6 Å². The molecule has 0 saturated heterocycles. The molecule has 0 radical (unpaired) electrons. The van der Waals surface area contributed by atoms with E-state index in [9.17, 15) is 0 Å². The van der Waals surface area contributed by atoms with E-state index in [1.807, 2.05) is 6.07 Å². The minimum absolute atomic E-state index is 0.323. The van der Waals surface area contributed by atoms with Gasteiger partial charge in [0.05, 0.1) is 13.2 Å². The maximum Gasteiger partial charge on any atom is 0.119 e. The van der Waals surface area contributed by atoms with E-state index in [-0.39, 0.29) is 0 Å². The molecule has 0 bridgehead atoms. The van der Waals surface area contributed by atoms with Crippen LogP contribution in [-0.4, -0.2) is 7.11 Å². The number of nitrogens with one attached hydrogen (secondary N) is 1. The molecule has 0 fully saturated rings. The van der Waals surface area contributed by atoms with Crippen LogP contribution in [-0.2, 0) is 0 Å². The van der Waals surface area contributed by atoms with Crippen LogP contribution in [0.3, 0.4) is 0 Å². The maximum absolute atomic E-state index is 5.39. The zero-order chi connectivity index (χ0) is 15.1. The van der Waals surface area contributed by atoms with E-state index < -0.39 is 0 Å². The summed E-state index contributed by atoms with van der Waals surface area (Å²) in [4.78, 5) is 0. The first kappa shape index (κ1) is 13.9. The van der Waals surface area contributed by atoms with Crippen molar-refractivity contribution < 1.29 is 4.74 Å². The molecule has 1 heterocycles. The summed E-state index contributed by atoms with van der Waals surface area (Å²) in [5, 5.41) is 3.75. The minimum atomic E-state index is 0.323. The second kappa shape index (κ2) is 5.47. The van der Waals surface area contributed by atoms with Gasteiger partial charge in [-0.3, -0.25) is 0 Å². The Kier molecular flexibility index (Phi) is 3.45. The van der Waals surface area contributed by atoms with Crippen LogP contribution in [0.5, 0.6) is 5.75 Å². The Morgan fingerprint density at radius 1 is 1.18 bits per heavy atom. The highest BCUT2D eigenvalue weighted by Crippen LogP contribution is 2.50. The summed E-state index contributed by atoms with van der Waals surface area (Å²) in [6, 6.07) is 15.3. The number of allylic oxidation sites excluding steroid dienone is 2. The monoisotopic (exact) mass is 355 g/mol. The minimum Gasteiger partial charge on any atom is -0.497 e. The summed E-state index contributed by atoms with van der Waals surface area (Å²) in [6.45, 7) is 0. The Balaban J connectivity index is 1.77. The molecule has 0 aromatic heterocycles. The molecule has 1 N–H and O–H groups in total. The van der Waals surface area contributed by atoms with Crippen LogP contribution < -0.4 is 10.1 Å². The van der Waals surface area contributed by atoms with Crippen molar-refractivity contribution in [3.8, 4) is 5.75 Å². The SMILES string of the molecule is COc1cccc([C@@H]2Nc3ccc(Br)cc3[C@H]3C=CC[C@H]32)c1. The first-order valence-electron chi connectivity index (χ1n) is 7.63. The van der Waals surface area contributed by atoms with Crippen LogP contribution in [0.4, 0.5) is 5.69 Å².